The number of likely N-dealkylation sites (tertiary alicyclic amines) is 1. The normalized spacial score (nSPS) is 48.5. The number of hydrogen-bond acceptors (Lipinski definition) is 7. The van der Waals surface area contributed by atoms with E-state index in [1.54, 1.807) is 7.11 Å². The van der Waals surface area contributed by atoms with Crippen LogP contribution in [0.4, 0.5) is 0 Å². The van der Waals surface area contributed by atoms with Gasteiger partial charge in [-0.15, -0.1) is 0 Å². The van der Waals surface area contributed by atoms with Crippen LogP contribution in [0.1, 0.15) is 44.6 Å². The molecule has 1 saturated heterocycles. The van der Waals surface area contributed by atoms with E-state index in [1.165, 1.54) is 6.08 Å². The van der Waals surface area contributed by atoms with Crippen LogP contribution in [0.2, 0.25) is 0 Å². The number of piperidine rings is 1. The Morgan fingerprint density at radius 3 is 2.62 bits per heavy atom. The molecule has 1 aliphatic heterocycles. The average Bonchev–Trinajstić information content (AvgIpc) is 3.41. The molecule has 1 heterocycles. The lowest BCUT2D eigenvalue weighted by atomic mass is 9.43. The number of carbonyl (C=O) groups excluding carboxylic acids is 1. The Labute approximate surface area is 238 Å². The summed E-state index contributed by atoms with van der Waals surface area (Å²) in [5.41, 5.74) is -0.0262. The molecule has 6 fully saturated rings. The maximum Gasteiger partial charge on any atom is 0.331 e. The summed E-state index contributed by atoms with van der Waals surface area (Å²) < 4.78 is 24.8. The van der Waals surface area contributed by atoms with Gasteiger partial charge in [-0.2, -0.15) is 0 Å². The predicted octanol–water partition coefficient (Wildman–Crippen LogP) is 3.80. The van der Waals surface area contributed by atoms with Gasteiger partial charge in [-0.1, -0.05) is 37.3 Å². The second-order valence-electron chi connectivity index (χ2n) is 13.6. The molecule has 1 aromatic carbocycles. The van der Waals surface area contributed by atoms with Crippen LogP contribution in [0.15, 0.2) is 36.4 Å². The number of esters is 1. The lowest BCUT2D eigenvalue weighted by Gasteiger charge is -2.69. The standard InChI is InChI=1S/C33H45NO6/c1-5-34-18-31(19-37-2)14-13-26(39-4)33-22-15-21-24(38-3)17-32(36,23(30(33)34)16-25(31)33)28(22)29(21)40-27(35)12-11-20-9-7-6-8-10-20/h6-12,21-26,28-30,36H,5,13-19H2,1-4H3/t21-,22-,23+,24+,25-,26+,28-,29+,30-,31+,32+,33-/m1/s1. The zero-order chi connectivity index (χ0) is 27.9. The van der Waals surface area contributed by atoms with E-state index in [4.69, 9.17) is 18.9 Å². The maximum absolute atomic E-state index is 13.3. The first-order valence-corrected chi connectivity index (χ1v) is 15.3. The molecule has 1 spiro atoms. The smallest absolute Gasteiger partial charge is 0.331 e. The highest BCUT2D eigenvalue weighted by Crippen LogP contribution is 2.79. The first-order chi connectivity index (χ1) is 19.4. The summed E-state index contributed by atoms with van der Waals surface area (Å²) in [6.07, 6.45) is 7.54. The van der Waals surface area contributed by atoms with Crippen molar-refractivity contribution in [2.24, 2.45) is 40.4 Å². The molecule has 1 aromatic rings. The monoisotopic (exact) mass is 551 g/mol. The first-order valence-electron chi connectivity index (χ1n) is 15.3. The zero-order valence-corrected chi connectivity index (χ0v) is 24.3. The van der Waals surface area contributed by atoms with Crippen molar-refractivity contribution in [3.8, 4) is 0 Å². The van der Waals surface area contributed by atoms with Gasteiger partial charge in [0.1, 0.15) is 6.10 Å². The Balaban J connectivity index is 1.31. The second-order valence-corrected chi connectivity index (χ2v) is 13.6. The van der Waals surface area contributed by atoms with Crippen molar-refractivity contribution in [2.75, 3.05) is 41.0 Å². The van der Waals surface area contributed by atoms with Crippen LogP contribution >= 0.6 is 0 Å². The van der Waals surface area contributed by atoms with Crippen LogP contribution in [-0.2, 0) is 23.7 Å². The van der Waals surface area contributed by atoms with Crippen LogP contribution in [-0.4, -0.2) is 87.0 Å². The lowest BCUT2D eigenvalue weighted by molar-refractivity contribution is -0.277. The topological polar surface area (TPSA) is 77.5 Å². The van der Waals surface area contributed by atoms with E-state index in [2.05, 4.69) is 11.8 Å². The number of aliphatic hydroxyl groups is 1. The van der Waals surface area contributed by atoms with Crippen molar-refractivity contribution in [2.45, 2.75) is 69.0 Å². The van der Waals surface area contributed by atoms with Gasteiger partial charge in [-0.25, -0.2) is 4.79 Å². The van der Waals surface area contributed by atoms with Gasteiger partial charge in [-0.3, -0.25) is 4.90 Å². The van der Waals surface area contributed by atoms with Gasteiger partial charge in [0.05, 0.1) is 24.4 Å². The van der Waals surface area contributed by atoms with E-state index in [1.807, 2.05) is 50.6 Å². The summed E-state index contributed by atoms with van der Waals surface area (Å²) in [6, 6.07) is 10.1. The molecule has 6 aliphatic rings. The molecule has 0 amide bonds. The third kappa shape index (κ3) is 3.39. The van der Waals surface area contributed by atoms with Gasteiger partial charge >= 0.3 is 5.97 Å². The minimum absolute atomic E-state index is 0.0589. The molecule has 7 heteroatoms. The van der Waals surface area contributed by atoms with Crippen LogP contribution in [0.3, 0.4) is 0 Å². The number of ether oxygens (including phenoxy) is 4. The molecule has 40 heavy (non-hydrogen) atoms. The number of benzene rings is 1. The van der Waals surface area contributed by atoms with Crippen LogP contribution in [0.5, 0.6) is 0 Å². The molecule has 7 nitrogen and oxygen atoms in total. The van der Waals surface area contributed by atoms with Crippen LogP contribution < -0.4 is 0 Å². The number of carbonyl (C=O) groups is 1. The Kier molecular flexibility index (Phi) is 6.52. The van der Waals surface area contributed by atoms with Gasteiger partial charge in [-0.05, 0) is 55.7 Å². The van der Waals surface area contributed by atoms with Crippen molar-refractivity contribution >= 4 is 12.0 Å². The van der Waals surface area contributed by atoms with Gasteiger partial charge in [0, 0.05) is 75.0 Å². The Morgan fingerprint density at radius 2 is 1.93 bits per heavy atom. The van der Waals surface area contributed by atoms with Crippen molar-refractivity contribution in [1.82, 2.24) is 4.90 Å². The molecule has 1 N–H and O–H groups in total. The average molecular weight is 552 g/mol. The third-order valence-electron chi connectivity index (χ3n) is 12.6. The van der Waals surface area contributed by atoms with Crippen molar-refractivity contribution in [3.63, 3.8) is 0 Å². The summed E-state index contributed by atoms with van der Waals surface area (Å²) in [5.74, 6) is 0.316. The van der Waals surface area contributed by atoms with Gasteiger partial charge in [0.2, 0.25) is 0 Å². The molecule has 12 atom stereocenters. The summed E-state index contributed by atoms with van der Waals surface area (Å²) in [5, 5.41) is 12.9. The fraction of sp³-hybridized carbons (Fsp3) is 0.727. The Bertz CT molecular complexity index is 1160. The highest BCUT2D eigenvalue weighted by Gasteiger charge is 2.84. The van der Waals surface area contributed by atoms with E-state index >= 15 is 0 Å². The molecule has 7 bridgehead atoms. The number of fused-ring (bicyclic) bond motifs is 2. The van der Waals surface area contributed by atoms with Crippen molar-refractivity contribution in [1.29, 1.82) is 0 Å². The highest BCUT2D eigenvalue weighted by atomic mass is 16.5. The Morgan fingerprint density at radius 1 is 1.12 bits per heavy atom. The number of methoxy groups -OCH3 is 3. The molecule has 0 radical (unpaired) electrons. The highest BCUT2D eigenvalue weighted by molar-refractivity contribution is 5.87. The van der Waals surface area contributed by atoms with Gasteiger partial charge < -0.3 is 24.1 Å². The zero-order valence-electron chi connectivity index (χ0n) is 24.3. The van der Waals surface area contributed by atoms with Crippen molar-refractivity contribution in [3.05, 3.63) is 42.0 Å². The minimum Gasteiger partial charge on any atom is -0.458 e. The summed E-state index contributed by atoms with van der Waals surface area (Å²) in [7, 11) is 5.47. The lowest BCUT2D eigenvalue weighted by Crippen LogP contribution is -2.76. The largest absolute Gasteiger partial charge is 0.458 e. The molecule has 0 unspecified atom stereocenters. The summed E-state index contributed by atoms with van der Waals surface area (Å²) in [6.45, 7) is 4.98. The molecule has 218 valence electrons. The van der Waals surface area contributed by atoms with E-state index in [9.17, 15) is 9.90 Å². The predicted molar refractivity (Wildman–Crippen MR) is 150 cm³/mol. The first kappa shape index (κ1) is 27.1. The van der Waals surface area contributed by atoms with E-state index in [0.29, 0.717) is 12.3 Å². The second kappa shape index (κ2) is 9.63. The molecular weight excluding hydrogens is 506 g/mol. The summed E-state index contributed by atoms with van der Waals surface area (Å²) in [4.78, 5) is 16.0. The SMILES string of the molecule is CCN1C[C@]2(COC)CC[C@H](OC)[C@@]34[C@@H]5C[C@H]6[C@H](OC(=O)C=Cc7ccccc7)[C@@H]5[C@](O)(C[C@@H]6OC)[C@@H](C[C@H]23)[C@@H]14. The van der Waals surface area contributed by atoms with E-state index in [0.717, 1.165) is 50.9 Å². The molecular formula is C33H45NO6. The number of hydrogen-bond donors (Lipinski definition) is 1. The minimum atomic E-state index is -0.950. The Hall–Kier alpha value is -1.77. The molecule has 5 saturated carbocycles. The fourth-order valence-electron chi connectivity index (χ4n) is 11.7. The number of nitrogens with zero attached hydrogens (tertiary/aromatic N) is 1. The van der Waals surface area contributed by atoms with Crippen molar-refractivity contribution < 1.29 is 28.8 Å². The number of rotatable bonds is 8. The molecule has 7 rings (SSSR count). The molecule has 5 aliphatic carbocycles. The van der Waals surface area contributed by atoms with Gasteiger partial charge in [0.25, 0.3) is 0 Å². The quantitative estimate of drug-likeness (QED) is 0.389. The third-order valence-corrected chi connectivity index (χ3v) is 12.6. The van der Waals surface area contributed by atoms with E-state index in [-0.39, 0.29) is 64.8 Å². The van der Waals surface area contributed by atoms with E-state index < -0.39 is 5.60 Å². The maximum atomic E-state index is 13.3. The fourth-order valence-corrected chi connectivity index (χ4v) is 11.7. The van der Waals surface area contributed by atoms with Crippen LogP contribution in [0.25, 0.3) is 6.08 Å². The van der Waals surface area contributed by atoms with Gasteiger partial charge in [0.15, 0.2) is 0 Å². The summed E-state index contributed by atoms with van der Waals surface area (Å²) >= 11 is 0. The van der Waals surface area contributed by atoms with Crippen LogP contribution in [0, 0.1) is 40.4 Å². The molecule has 0 aromatic heterocycles.